The second kappa shape index (κ2) is 5.38. The van der Waals surface area contributed by atoms with E-state index in [0.717, 1.165) is 3.57 Å². The minimum atomic E-state index is -3.62. The minimum Gasteiger partial charge on any atom is -0.398 e. The Morgan fingerprint density at radius 3 is 2.47 bits per heavy atom. The fraction of sp³-hybridized carbons (Fsp3) is 0.0769. The van der Waals surface area contributed by atoms with E-state index in [2.05, 4.69) is 27.3 Å². The van der Waals surface area contributed by atoms with Crippen molar-refractivity contribution < 1.29 is 8.42 Å². The summed E-state index contributed by atoms with van der Waals surface area (Å²) in [6, 6.07) is 12.1. The Morgan fingerprint density at radius 1 is 1.11 bits per heavy atom. The highest BCUT2D eigenvalue weighted by Crippen LogP contribution is 2.25. The molecule has 0 aliphatic carbocycles. The lowest BCUT2D eigenvalue weighted by molar-refractivity contribution is 0.600. The standard InChI is InChI=1S/C13H13IN2O2S/c1-9-11(15)6-4-8-13(9)19(17,18)16-12-7-3-2-5-10(12)14/h2-8,16H,15H2,1H3. The number of anilines is 2. The molecule has 0 unspecified atom stereocenters. The zero-order valence-electron chi connectivity index (χ0n) is 10.2. The van der Waals surface area contributed by atoms with Gasteiger partial charge in [0.25, 0.3) is 10.0 Å². The fourth-order valence-corrected chi connectivity index (χ4v) is 3.73. The summed E-state index contributed by atoms with van der Waals surface area (Å²) < 4.78 is 28.1. The first-order valence-electron chi connectivity index (χ1n) is 5.54. The summed E-state index contributed by atoms with van der Waals surface area (Å²) in [7, 11) is -3.62. The van der Waals surface area contributed by atoms with Crippen molar-refractivity contribution in [2.75, 3.05) is 10.5 Å². The van der Waals surface area contributed by atoms with Crippen molar-refractivity contribution in [2.24, 2.45) is 0 Å². The van der Waals surface area contributed by atoms with Gasteiger partial charge in [-0.15, -0.1) is 0 Å². The quantitative estimate of drug-likeness (QED) is 0.627. The van der Waals surface area contributed by atoms with Gasteiger partial charge < -0.3 is 5.73 Å². The molecule has 0 atom stereocenters. The van der Waals surface area contributed by atoms with Crippen LogP contribution < -0.4 is 10.5 Å². The molecule has 100 valence electrons. The van der Waals surface area contributed by atoms with Crippen LogP contribution in [0.1, 0.15) is 5.56 Å². The molecule has 2 aromatic carbocycles. The van der Waals surface area contributed by atoms with Gasteiger partial charge in [-0.05, 0) is 59.3 Å². The van der Waals surface area contributed by atoms with Gasteiger partial charge in [-0.2, -0.15) is 0 Å². The Morgan fingerprint density at radius 2 is 1.79 bits per heavy atom. The molecule has 4 nitrogen and oxygen atoms in total. The average molecular weight is 388 g/mol. The Hall–Kier alpha value is -1.28. The lowest BCUT2D eigenvalue weighted by Crippen LogP contribution is -2.15. The van der Waals surface area contributed by atoms with Crippen LogP contribution in [-0.2, 0) is 10.0 Å². The molecule has 0 saturated carbocycles. The van der Waals surface area contributed by atoms with E-state index in [0.29, 0.717) is 16.9 Å². The second-order valence-electron chi connectivity index (χ2n) is 4.06. The van der Waals surface area contributed by atoms with Crippen LogP contribution in [0.4, 0.5) is 11.4 Å². The van der Waals surface area contributed by atoms with Crippen molar-refractivity contribution in [3.8, 4) is 0 Å². The van der Waals surface area contributed by atoms with Gasteiger partial charge in [0.1, 0.15) is 0 Å². The van der Waals surface area contributed by atoms with Gasteiger partial charge in [-0.25, -0.2) is 8.42 Å². The molecule has 0 bridgehead atoms. The molecule has 0 aromatic heterocycles. The predicted molar refractivity (Wildman–Crippen MR) is 85.6 cm³/mol. The van der Waals surface area contributed by atoms with Crippen LogP contribution in [0.3, 0.4) is 0 Å². The summed E-state index contributed by atoms with van der Waals surface area (Å²) in [5, 5.41) is 0. The van der Waals surface area contributed by atoms with E-state index in [9.17, 15) is 8.42 Å². The minimum absolute atomic E-state index is 0.201. The maximum Gasteiger partial charge on any atom is 0.262 e. The van der Waals surface area contributed by atoms with Crippen molar-refractivity contribution in [1.29, 1.82) is 0 Å². The molecule has 19 heavy (non-hydrogen) atoms. The van der Waals surface area contributed by atoms with Crippen LogP contribution in [-0.4, -0.2) is 8.42 Å². The average Bonchev–Trinajstić information content (AvgIpc) is 2.35. The molecule has 0 radical (unpaired) electrons. The maximum atomic E-state index is 12.4. The van der Waals surface area contributed by atoms with Gasteiger partial charge in [0, 0.05) is 9.26 Å². The third kappa shape index (κ3) is 3.01. The molecule has 0 heterocycles. The van der Waals surface area contributed by atoms with E-state index < -0.39 is 10.0 Å². The highest BCUT2D eigenvalue weighted by molar-refractivity contribution is 14.1. The molecule has 3 N–H and O–H groups in total. The third-order valence-corrected chi connectivity index (χ3v) is 5.18. The fourth-order valence-electron chi connectivity index (χ4n) is 1.67. The van der Waals surface area contributed by atoms with Crippen molar-refractivity contribution >= 4 is 44.0 Å². The van der Waals surface area contributed by atoms with Gasteiger partial charge >= 0.3 is 0 Å². The molecular weight excluding hydrogens is 375 g/mol. The largest absolute Gasteiger partial charge is 0.398 e. The highest BCUT2D eigenvalue weighted by Gasteiger charge is 2.18. The first-order valence-corrected chi connectivity index (χ1v) is 8.10. The lowest BCUT2D eigenvalue weighted by Gasteiger charge is -2.12. The first kappa shape index (κ1) is 14.1. The van der Waals surface area contributed by atoms with Crippen molar-refractivity contribution in [3.63, 3.8) is 0 Å². The second-order valence-corrected chi connectivity index (χ2v) is 6.87. The predicted octanol–water partition coefficient (Wildman–Crippen LogP) is 2.98. The topological polar surface area (TPSA) is 72.2 Å². The van der Waals surface area contributed by atoms with Crippen LogP contribution >= 0.6 is 22.6 Å². The van der Waals surface area contributed by atoms with Gasteiger partial charge in [0.05, 0.1) is 10.6 Å². The zero-order valence-corrected chi connectivity index (χ0v) is 13.2. The van der Waals surface area contributed by atoms with Crippen LogP contribution in [0.5, 0.6) is 0 Å². The molecule has 0 saturated heterocycles. The number of hydrogen-bond acceptors (Lipinski definition) is 3. The van der Waals surface area contributed by atoms with Gasteiger partial charge in [0.2, 0.25) is 0 Å². The first-order chi connectivity index (χ1) is 8.92. The SMILES string of the molecule is Cc1c(N)cccc1S(=O)(=O)Nc1ccccc1I. The molecule has 2 rings (SSSR count). The zero-order chi connectivity index (χ0) is 14.0. The summed E-state index contributed by atoms with van der Waals surface area (Å²) in [5.41, 5.74) is 7.33. The van der Waals surface area contributed by atoms with E-state index in [-0.39, 0.29) is 4.90 Å². The molecule has 2 aromatic rings. The van der Waals surface area contributed by atoms with E-state index >= 15 is 0 Å². The summed E-state index contributed by atoms with van der Waals surface area (Å²) in [5.74, 6) is 0. The Labute approximate surface area is 126 Å². The Kier molecular flexibility index (Phi) is 4.00. The van der Waals surface area contributed by atoms with Crippen molar-refractivity contribution in [1.82, 2.24) is 0 Å². The summed E-state index contributed by atoms with van der Waals surface area (Å²) in [6.07, 6.45) is 0. The number of benzene rings is 2. The molecule has 0 aliphatic heterocycles. The highest BCUT2D eigenvalue weighted by atomic mass is 127. The van der Waals surface area contributed by atoms with Crippen molar-refractivity contribution in [2.45, 2.75) is 11.8 Å². The number of para-hydroxylation sites is 1. The van der Waals surface area contributed by atoms with E-state index in [1.54, 1.807) is 37.3 Å². The Bertz CT molecular complexity index is 714. The maximum absolute atomic E-state index is 12.4. The molecule has 0 spiro atoms. The molecule has 6 heteroatoms. The van der Waals surface area contributed by atoms with Gasteiger partial charge in [-0.1, -0.05) is 18.2 Å². The summed E-state index contributed by atoms with van der Waals surface area (Å²) in [4.78, 5) is 0.201. The monoisotopic (exact) mass is 388 g/mol. The van der Waals surface area contributed by atoms with E-state index in [4.69, 9.17) is 5.73 Å². The lowest BCUT2D eigenvalue weighted by atomic mass is 10.2. The normalized spacial score (nSPS) is 11.3. The van der Waals surface area contributed by atoms with E-state index in [1.807, 2.05) is 12.1 Å². The van der Waals surface area contributed by atoms with Gasteiger partial charge in [0.15, 0.2) is 0 Å². The van der Waals surface area contributed by atoms with Crippen LogP contribution in [0.15, 0.2) is 47.4 Å². The van der Waals surface area contributed by atoms with Gasteiger partial charge in [-0.3, -0.25) is 4.72 Å². The Balaban J connectivity index is 2.44. The number of nitrogen functional groups attached to an aromatic ring is 1. The van der Waals surface area contributed by atoms with Crippen LogP contribution in [0.2, 0.25) is 0 Å². The number of rotatable bonds is 3. The number of nitrogens with two attached hydrogens (primary N) is 1. The molecular formula is C13H13IN2O2S. The number of sulfonamides is 1. The molecule has 0 aliphatic rings. The van der Waals surface area contributed by atoms with Crippen LogP contribution in [0, 0.1) is 10.5 Å². The van der Waals surface area contributed by atoms with Crippen molar-refractivity contribution in [3.05, 3.63) is 51.6 Å². The number of halogens is 1. The number of hydrogen-bond donors (Lipinski definition) is 2. The molecule has 0 fully saturated rings. The van der Waals surface area contributed by atoms with E-state index in [1.165, 1.54) is 0 Å². The molecule has 0 amide bonds. The summed E-state index contributed by atoms with van der Waals surface area (Å²) >= 11 is 2.08. The third-order valence-electron chi connectivity index (χ3n) is 2.73. The summed E-state index contributed by atoms with van der Waals surface area (Å²) in [6.45, 7) is 1.69. The smallest absolute Gasteiger partial charge is 0.262 e. The van der Waals surface area contributed by atoms with Crippen LogP contribution in [0.25, 0.3) is 0 Å². The number of nitrogens with one attached hydrogen (secondary N) is 1.